The average molecular weight is 677 g/mol. The predicted octanol–water partition coefficient (Wildman–Crippen LogP) is 5.83. The van der Waals surface area contributed by atoms with Crippen LogP contribution >= 0.6 is 0 Å². The molecule has 51 heavy (non-hydrogen) atoms. The van der Waals surface area contributed by atoms with Crippen LogP contribution in [0.3, 0.4) is 0 Å². The number of piperazine rings is 1. The fourth-order valence-corrected chi connectivity index (χ4v) is 7.46. The minimum absolute atomic E-state index is 0.0386. The Balaban J connectivity index is 1.03. The van der Waals surface area contributed by atoms with E-state index < -0.39 is 0 Å². The molecule has 7 aromatic rings. The van der Waals surface area contributed by atoms with E-state index in [2.05, 4.69) is 79.7 Å². The number of carbonyl (C=O) groups excluding carboxylic acids is 1. The number of benzene rings is 5. The number of ether oxygens (including phenoxy) is 2. The molecular formula is C40H36N8O3. The second kappa shape index (κ2) is 12.9. The van der Waals surface area contributed by atoms with Crippen molar-refractivity contribution in [3.63, 3.8) is 0 Å². The number of carbonyl (C=O) groups is 1. The highest BCUT2D eigenvalue weighted by atomic mass is 16.7. The summed E-state index contributed by atoms with van der Waals surface area (Å²) in [5, 5.41) is 9.92. The van der Waals surface area contributed by atoms with E-state index in [1.807, 2.05) is 36.5 Å². The summed E-state index contributed by atoms with van der Waals surface area (Å²) < 4.78 is 12.8. The Bertz CT molecular complexity index is 2410. The summed E-state index contributed by atoms with van der Waals surface area (Å²) >= 11 is 0. The Morgan fingerprint density at radius 3 is 2.51 bits per heavy atom. The SMILES string of the molecule is Nc1c2ccccc2c(CN2CCN(c3ccnc(-n4ccnc4)n3)C(CC(=O)NCc3ccc4c(c3)OCO4)C2)c2cc3ccccc3cc12. The van der Waals surface area contributed by atoms with Crippen molar-refractivity contribution in [1.29, 1.82) is 0 Å². The van der Waals surface area contributed by atoms with Crippen LogP contribution in [0.25, 0.3) is 38.3 Å². The largest absolute Gasteiger partial charge is 0.454 e. The van der Waals surface area contributed by atoms with E-state index in [0.29, 0.717) is 44.3 Å². The Morgan fingerprint density at radius 1 is 0.863 bits per heavy atom. The molecule has 11 heteroatoms. The van der Waals surface area contributed by atoms with Crippen LogP contribution in [-0.2, 0) is 17.9 Å². The number of hydrogen-bond acceptors (Lipinski definition) is 9. The van der Waals surface area contributed by atoms with Crippen molar-refractivity contribution < 1.29 is 14.3 Å². The lowest BCUT2D eigenvalue weighted by Gasteiger charge is -2.42. The minimum atomic E-state index is -0.145. The summed E-state index contributed by atoms with van der Waals surface area (Å²) in [7, 11) is 0. The van der Waals surface area contributed by atoms with Crippen molar-refractivity contribution in [2.45, 2.75) is 25.6 Å². The van der Waals surface area contributed by atoms with E-state index in [0.717, 1.165) is 50.9 Å². The average Bonchev–Trinajstić information content (AvgIpc) is 3.88. The standard InChI is InChI=1S/C40H36N8O3/c41-39-31-8-4-3-7-30(31)34(32-18-27-5-1-2-6-28(27)19-33(32)39)23-46-15-16-48(37-11-12-43-40(45-37)47-14-13-42-24-47)29(22-46)20-38(49)44-21-26-9-10-35-36(17-26)51-25-50-35/h1-14,17-19,24,29H,15-16,20-23,25,41H2,(H,44,49). The quantitative estimate of drug-likeness (QED) is 0.151. The van der Waals surface area contributed by atoms with Gasteiger partial charge >= 0.3 is 0 Å². The summed E-state index contributed by atoms with van der Waals surface area (Å²) in [4.78, 5) is 31.9. The first-order valence-electron chi connectivity index (χ1n) is 17.1. The van der Waals surface area contributed by atoms with Gasteiger partial charge in [-0.1, -0.05) is 54.6 Å². The van der Waals surface area contributed by atoms with Gasteiger partial charge in [0.1, 0.15) is 12.1 Å². The number of aromatic nitrogens is 4. The van der Waals surface area contributed by atoms with Gasteiger partial charge < -0.3 is 25.4 Å². The number of nitrogens with two attached hydrogens (primary N) is 1. The van der Waals surface area contributed by atoms with Crippen LogP contribution in [0.5, 0.6) is 11.5 Å². The van der Waals surface area contributed by atoms with Gasteiger partial charge in [-0.3, -0.25) is 14.3 Å². The third-order valence-electron chi connectivity index (χ3n) is 10.00. The third kappa shape index (κ3) is 5.91. The molecule has 0 radical (unpaired) electrons. The van der Waals surface area contributed by atoms with E-state index in [4.69, 9.17) is 20.2 Å². The highest BCUT2D eigenvalue weighted by Gasteiger charge is 2.31. The van der Waals surface area contributed by atoms with Gasteiger partial charge in [-0.2, -0.15) is 4.98 Å². The summed E-state index contributed by atoms with van der Waals surface area (Å²) in [5.74, 6) is 2.69. The molecule has 5 aromatic carbocycles. The Morgan fingerprint density at radius 2 is 1.67 bits per heavy atom. The lowest BCUT2D eigenvalue weighted by Crippen LogP contribution is -2.54. The Labute approximate surface area is 294 Å². The van der Waals surface area contributed by atoms with Crippen LogP contribution in [0.1, 0.15) is 17.5 Å². The summed E-state index contributed by atoms with van der Waals surface area (Å²) in [5.41, 5.74) is 9.85. The summed E-state index contributed by atoms with van der Waals surface area (Å²) in [6, 6.07) is 28.8. The first-order chi connectivity index (χ1) is 25.1. The number of nitrogens with zero attached hydrogens (tertiary/aromatic N) is 6. The maximum atomic E-state index is 13.7. The smallest absolute Gasteiger partial charge is 0.236 e. The number of anilines is 2. The van der Waals surface area contributed by atoms with Crippen molar-refractivity contribution in [3.8, 4) is 17.4 Å². The van der Waals surface area contributed by atoms with Crippen LogP contribution in [0.4, 0.5) is 11.5 Å². The molecule has 1 fully saturated rings. The number of hydrogen-bond donors (Lipinski definition) is 2. The predicted molar refractivity (Wildman–Crippen MR) is 198 cm³/mol. The lowest BCUT2D eigenvalue weighted by atomic mass is 9.92. The molecule has 2 aliphatic rings. The minimum Gasteiger partial charge on any atom is -0.454 e. The number of nitrogens with one attached hydrogen (secondary N) is 1. The van der Waals surface area contributed by atoms with Crippen LogP contribution in [0.15, 0.2) is 110 Å². The monoisotopic (exact) mass is 676 g/mol. The van der Waals surface area contributed by atoms with E-state index in [-0.39, 0.29) is 18.7 Å². The highest BCUT2D eigenvalue weighted by molar-refractivity contribution is 6.16. The zero-order valence-electron chi connectivity index (χ0n) is 27.9. The van der Waals surface area contributed by atoms with E-state index in [9.17, 15) is 4.79 Å². The molecule has 1 unspecified atom stereocenters. The van der Waals surface area contributed by atoms with Gasteiger partial charge in [-0.15, -0.1) is 0 Å². The van der Waals surface area contributed by atoms with Gasteiger partial charge in [0.15, 0.2) is 11.5 Å². The fourth-order valence-electron chi connectivity index (χ4n) is 7.46. The topological polar surface area (TPSA) is 124 Å². The van der Waals surface area contributed by atoms with Gasteiger partial charge in [0, 0.05) is 74.2 Å². The fraction of sp³-hybridized carbons (Fsp3) is 0.200. The van der Waals surface area contributed by atoms with Crippen LogP contribution in [0.2, 0.25) is 0 Å². The van der Waals surface area contributed by atoms with Gasteiger partial charge in [0.05, 0.1) is 6.04 Å². The van der Waals surface area contributed by atoms with E-state index in [1.165, 1.54) is 16.3 Å². The van der Waals surface area contributed by atoms with Crippen LogP contribution in [0, 0.1) is 0 Å². The zero-order chi connectivity index (χ0) is 34.3. The molecule has 9 rings (SSSR count). The Hall–Kier alpha value is -6.20. The molecule has 254 valence electrons. The van der Waals surface area contributed by atoms with Crippen molar-refractivity contribution in [2.75, 3.05) is 37.1 Å². The van der Waals surface area contributed by atoms with E-state index >= 15 is 0 Å². The number of fused-ring (bicyclic) bond motifs is 4. The highest BCUT2D eigenvalue weighted by Crippen LogP contribution is 2.38. The zero-order valence-corrected chi connectivity index (χ0v) is 27.9. The molecule has 0 bridgehead atoms. The van der Waals surface area contributed by atoms with Crippen molar-refractivity contribution >= 4 is 49.7 Å². The first-order valence-corrected chi connectivity index (χ1v) is 17.1. The lowest BCUT2D eigenvalue weighted by molar-refractivity contribution is -0.121. The van der Waals surface area contributed by atoms with Crippen molar-refractivity contribution in [2.24, 2.45) is 0 Å². The van der Waals surface area contributed by atoms with Crippen molar-refractivity contribution in [3.05, 3.63) is 121 Å². The Kier molecular flexibility index (Phi) is 7.81. The molecule has 3 N–H and O–H groups in total. The first kappa shape index (κ1) is 30.8. The number of imidazole rings is 1. The molecule has 4 heterocycles. The third-order valence-corrected chi connectivity index (χ3v) is 10.00. The second-order valence-electron chi connectivity index (χ2n) is 13.1. The van der Waals surface area contributed by atoms with Gasteiger partial charge in [0.25, 0.3) is 0 Å². The van der Waals surface area contributed by atoms with Crippen LogP contribution in [-0.4, -0.2) is 62.8 Å². The molecule has 2 aliphatic heterocycles. The molecule has 1 saturated heterocycles. The maximum Gasteiger partial charge on any atom is 0.236 e. The van der Waals surface area contributed by atoms with Gasteiger partial charge in [-0.05, 0) is 63.0 Å². The number of nitrogen functional groups attached to an aromatic ring is 1. The molecule has 0 spiro atoms. The van der Waals surface area contributed by atoms with Gasteiger partial charge in [-0.25, -0.2) is 9.97 Å². The molecular weight excluding hydrogens is 640 g/mol. The molecule has 11 nitrogen and oxygen atoms in total. The maximum absolute atomic E-state index is 13.7. The number of rotatable bonds is 8. The molecule has 0 aliphatic carbocycles. The number of amides is 1. The molecule has 1 amide bonds. The van der Waals surface area contributed by atoms with E-state index in [1.54, 1.807) is 23.3 Å². The van der Waals surface area contributed by atoms with Gasteiger partial charge in [0.2, 0.25) is 18.6 Å². The normalized spacial score (nSPS) is 15.9. The van der Waals surface area contributed by atoms with Crippen LogP contribution < -0.4 is 25.4 Å². The summed E-state index contributed by atoms with van der Waals surface area (Å²) in [6.07, 6.45) is 7.26. The van der Waals surface area contributed by atoms with Crippen molar-refractivity contribution in [1.82, 2.24) is 29.7 Å². The second-order valence-corrected chi connectivity index (χ2v) is 13.1. The summed E-state index contributed by atoms with van der Waals surface area (Å²) in [6.45, 7) is 3.45. The molecule has 1 atom stereocenters. The molecule has 2 aromatic heterocycles. The molecule has 0 saturated carbocycles.